The van der Waals surface area contributed by atoms with Crippen LogP contribution in [0.1, 0.15) is 5.89 Å². The van der Waals surface area contributed by atoms with Gasteiger partial charge in [0.15, 0.2) is 5.58 Å². The minimum absolute atomic E-state index is 0.200. The van der Waals surface area contributed by atoms with Crippen LogP contribution >= 0.6 is 11.6 Å². The van der Waals surface area contributed by atoms with E-state index in [9.17, 15) is 0 Å². The van der Waals surface area contributed by atoms with Gasteiger partial charge in [-0.15, -0.1) is 11.6 Å². The minimum atomic E-state index is -1.50. The predicted molar refractivity (Wildman–Crippen MR) is 53.4 cm³/mol. The van der Waals surface area contributed by atoms with Crippen LogP contribution < -0.4 is 5.46 Å². The van der Waals surface area contributed by atoms with Gasteiger partial charge in [-0.05, 0) is 17.6 Å². The van der Waals surface area contributed by atoms with Crippen LogP contribution in [0, 0.1) is 0 Å². The zero-order chi connectivity index (χ0) is 10.1. The molecule has 0 atom stereocenters. The van der Waals surface area contributed by atoms with Crippen molar-refractivity contribution in [3.63, 3.8) is 0 Å². The molecule has 1 aromatic carbocycles. The topological polar surface area (TPSA) is 66.5 Å². The summed E-state index contributed by atoms with van der Waals surface area (Å²) in [6, 6.07) is 4.76. The predicted octanol–water partition coefficient (Wildman–Crippen LogP) is 0.246. The van der Waals surface area contributed by atoms with Gasteiger partial charge >= 0.3 is 7.12 Å². The van der Waals surface area contributed by atoms with Crippen LogP contribution in [0.3, 0.4) is 0 Å². The fourth-order valence-corrected chi connectivity index (χ4v) is 1.32. The molecule has 0 spiro atoms. The second-order valence-electron chi connectivity index (χ2n) is 2.84. The number of benzene rings is 1. The molecule has 0 radical (unpaired) electrons. The summed E-state index contributed by atoms with van der Waals surface area (Å²) in [5, 5.41) is 17.8. The molecule has 0 aliphatic carbocycles. The number of nitrogens with zero attached hydrogens (tertiary/aromatic N) is 1. The molecule has 1 aromatic heterocycles. The first-order valence-electron chi connectivity index (χ1n) is 4.02. The van der Waals surface area contributed by atoms with Crippen molar-refractivity contribution >= 4 is 35.3 Å². The van der Waals surface area contributed by atoms with E-state index in [2.05, 4.69) is 4.98 Å². The van der Waals surface area contributed by atoms with Crippen molar-refractivity contribution in [3.8, 4) is 0 Å². The number of hydrogen-bond donors (Lipinski definition) is 2. The standard InChI is InChI=1S/C8H7BClNO3/c10-4-8-11-6-2-1-5(9(12)13)3-7(6)14-8/h1-3,12-13H,4H2. The number of hydrogen-bond acceptors (Lipinski definition) is 4. The van der Waals surface area contributed by atoms with E-state index in [1.165, 1.54) is 6.07 Å². The van der Waals surface area contributed by atoms with Gasteiger partial charge in [0.2, 0.25) is 5.89 Å². The number of aromatic nitrogens is 1. The minimum Gasteiger partial charge on any atom is -0.439 e. The first-order valence-corrected chi connectivity index (χ1v) is 4.55. The lowest BCUT2D eigenvalue weighted by molar-refractivity contribution is 0.425. The molecule has 0 aliphatic rings. The van der Waals surface area contributed by atoms with Crippen molar-refractivity contribution in [1.29, 1.82) is 0 Å². The lowest BCUT2D eigenvalue weighted by Crippen LogP contribution is -2.29. The molecular formula is C8H7BClNO3. The largest absolute Gasteiger partial charge is 0.488 e. The summed E-state index contributed by atoms with van der Waals surface area (Å²) in [5.74, 6) is 0.623. The Bertz CT molecular complexity index is 457. The SMILES string of the molecule is OB(O)c1ccc2nc(CCl)oc2c1. The fraction of sp³-hybridized carbons (Fsp3) is 0.125. The number of fused-ring (bicyclic) bond motifs is 1. The Hall–Kier alpha value is -1.04. The van der Waals surface area contributed by atoms with Crippen molar-refractivity contribution in [1.82, 2.24) is 4.98 Å². The Kier molecular flexibility index (Phi) is 2.45. The number of rotatable bonds is 2. The third kappa shape index (κ3) is 1.62. The fourth-order valence-electron chi connectivity index (χ4n) is 1.21. The highest BCUT2D eigenvalue weighted by Crippen LogP contribution is 2.14. The van der Waals surface area contributed by atoms with E-state index in [1.807, 2.05) is 0 Å². The number of oxazole rings is 1. The molecular weight excluding hydrogens is 204 g/mol. The summed E-state index contributed by atoms with van der Waals surface area (Å²) >= 11 is 5.55. The smallest absolute Gasteiger partial charge is 0.439 e. The van der Waals surface area contributed by atoms with E-state index in [1.54, 1.807) is 12.1 Å². The first kappa shape index (κ1) is 9.52. The monoisotopic (exact) mass is 211 g/mol. The molecule has 2 aromatic rings. The Morgan fingerprint density at radius 1 is 1.43 bits per heavy atom. The Morgan fingerprint density at radius 3 is 2.86 bits per heavy atom. The maximum absolute atomic E-state index is 8.91. The molecule has 2 rings (SSSR count). The quantitative estimate of drug-likeness (QED) is 0.552. The lowest BCUT2D eigenvalue weighted by atomic mass is 9.80. The van der Waals surface area contributed by atoms with E-state index in [0.717, 1.165) is 0 Å². The maximum Gasteiger partial charge on any atom is 0.488 e. The molecule has 1 heterocycles. The van der Waals surface area contributed by atoms with Crippen molar-refractivity contribution in [2.75, 3.05) is 0 Å². The molecule has 4 nitrogen and oxygen atoms in total. The van der Waals surface area contributed by atoms with Crippen molar-refractivity contribution in [2.45, 2.75) is 5.88 Å². The van der Waals surface area contributed by atoms with Crippen LogP contribution in [0.4, 0.5) is 0 Å². The normalized spacial score (nSPS) is 10.8. The van der Waals surface area contributed by atoms with Crippen molar-refractivity contribution in [3.05, 3.63) is 24.1 Å². The summed E-state index contributed by atoms with van der Waals surface area (Å²) in [6.07, 6.45) is 0. The van der Waals surface area contributed by atoms with Gasteiger partial charge in [-0.1, -0.05) is 6.07 Å². The van der Waals surface area contributed by atoms with Gasteiger partial charge < -0.3 is 14.5 Å². The van der Waals surface area contributed by atoms with Crippen molar-refractivity contribution < 1.29 is 14.5 Å². The Labute approximate surface area is 85.3 Å². The van der Waals surface area contributed by atoms with Gasteiger partial charge in [0.1, 0.15) is 5.52 Å². The Morgan fingerprint density at radius 2 is 2.21 bits per heavy atom. The summed E-state index contributed by atoms with van der Waals surface area (Å²) in [4.78, 5) is 4.07. The molecule has 14 heavy (non-hydrogen) atoms. The van der Waals surface area contributed by atoms with E-state index in [4.69, 9.17) is 26.1 Å². The molecule has 0 saturated heterocycles. The van der Waals surface area contributed by atoms with E-state index in [-0.39, 0.29) is 5.88 Å². The van der Waals surface area contributed by atoms with Gasteiger partial charge in [0.05, 0.1) is 5.88 Å². The van der Waals surface area contributed by atoms with Crippen LogP contribution in [0.25, 0.3) is 11.1 Å². The average molecular weight is 211 g/mol. The molecule has 0 unspecified atom stereocenters. The third-order valence-electron chi connectivity index (χ3n) is 1.87. The highest BCUT2D eigenvalue weighted by Gasteiger charge is 2.13. The van der Waals surface area contributed by atoms with Crippen LogP contribution in [0.5, 0.6) is 0 Å². The Balaban J connectivity index is 2.54. The van der Waals surface area contributed by atoms with Crippen LogP contribution in [-0.4, -0.2) is 22.2 Å². The van der Waals surface area contributed by atoms with E-state index < -0.39 is 7.12 Å². The van der Waals surface area contributed by atoms with Gasteiger partial charge in [0, 0.05) is 0 Å². The summed E-state index contributed by atoms with van der Waals surface area (Å²) in [7, 11) is -1.50. The lowest BCUT2D eigenvalue weighted by Gasteiger charge is -1.96. The van der Waals surface area contributed by atoms with Gasteiger partial charge in [-0.3, -0.25) is 0 Å². The molecule has 0 fully saturated rings. The van der Waals surface area contributed by atoms with E-state index in [0.29, 0.717) is 22.5 Å². The molecule has 2 N–H and O–H groups in total. The zero-order valence-corrected chi connectivity index (χ0v) is 7.90. The molecule has 72 valence electrons. The molecule has 0 saturated carbocycles. The molecule has 6 heteroatoms. The average Bonchev–Trinajstić information content (AvgIpc) is 2.58. The van der Waals surface area contributed by atoms with E-state index >= 15 is 0 Å². The second-order valence-corrected chi connectivity index (χ2v) is 3.11. The highest BCUT2D eigenvalue weighted by molar-refractivity contribution is 6.58. The van der Waals surface area contributed by atoms with Gasteiger partial charge in [-0.2, -0.15) is 0 Å². The second kappa shape index (κ2) is 3.61. The highest BCUT2D eigenvalue weighted by atomic mass is 35.5. The first-order chi connectivity index (χ1) is 6.70. The van der Waals surface area contributed by atoms with Gasteiger partial charge in [0.25, 0.3) is 0 Å². The number of halogens is 1. The van der Waals surface area contributed by atoms with Crippen LogP contribution in [0.15, 0.2) is 22.6 Å². The summed E-state index contributed by atoms with van der Waals surface area (Å²) in [5.41, 5.74) is 1.53. The summed E-state index contributed by atoms with van der Waals surface area (Å²) in [6.45, 7) is 0. The molecule has 0 aliphatic heterocycles. The third-order valence-corrected chi connectivity index (χ3v) is 2.10. The molecule has 0 amide bonds. The van der Waals surface area contributed by atoms with Crippen LogP contribution in [0.2, 0.25) is 0 Å². The summed E-state index contributed by atoms with van der Waals surface area (Å²) < 4.78 is 5.24. The van der Waals surface area contributed by atoms with Crippen molar-refractivity contribution in [2.24, 2.45) is 0 Å². The van der Waals surface area contributed by atoms with Gasteiger partial charge in [-0.25, -0.2) is 4.98 Å². The maximum atomic E-state index is 8.91. The zero-order valence-electron chi connectivity index (χ0n) is 7.14. The van der Waals surface area contributed by atoms with Crippen LogP contribution in [-0.2, 0) is 5.88 Å². The number of alkyl halides is 1. The molecule has 0 bridgehead atoms.